The van der Waals surface area contributed by atoms with Crippen LogP contribution in [-0.2, 0) is 11.2 Å². The summed E-state index contributed by atoms with van der Waals surface area (Å²) in [5.41, 5.74) is 2.94. The van der Waals surface area contributed by atoms with Gasteiger partial charge in [-0.25, -0.2) is 0 Å². The molecule has 3 atom stereocenters. The molecule has 0 spiro atoms. The van der Waals surface area contributed by atoms with Crippen LogP contribution in [0.15, 0.2) is 36.4 Å². The number of aryl methyl sites for hydroxylation is 1. The van der Waals surface area contributed by atoms with Crippen LogP contribution in [-0.4, -0.2) is 73.5 Å². The smallest absolute Gasteiger partial charge is 0.225 e. The predicted molar refractivity (Wildman–Crippen MR) is 150 cm³/mol. The van der Waals surface area contributed by atoms with Crippen LogP contribution < -0.4 is 24.4 Å². The van der Waals surface area contributed by atoms with Gasteiger partial charge in [-0.15, -0.1) is 0 Å². The summed E-state index contributed by atoms with van der Waals surface area (Å²) in [6.07, 6.45) is 4.29. The summed E-state index contributed by atoms with van der Waals surface area (Å²) in [5.74, 6) is 2.18. The van der Waals surface area contributed by atoms with Gasteiger partial charge in [0.15, 0.2) is 11.5 Å². The van der Waals surface area contributed by atoms with E-state index in [0.717, 1.165) is 68.7 Å². The minimum absolute atomic E-state index is 0.00799. The molecule has 4 aliphatic heterocycles. The highest BCUT2D eigenvalue weighted by molar-refractivity contribution is 5.80. The van der Waals surface area contributed by atoms with Gasteiger partial charge in [0.05, 0.1) is 12.0 Å². The number of benzene rings is 2. The Morgan fingerprint density at radius 2 is 1.85 bits per heavy atom. The first kappa shape index (κ1) is 26.3. The number of fused-ring (bicyclic) bond motifs is 2. The Labute approximate surface area is 231 Å². The molecule has 4 heterocycles. The Morgan fingerprint density at radius 3 is 2.67 bits per heavy atom. The fourth-order valence-electron chi connectivity index (χ4n) is 6.28. The lowest BCUT2D eigenvalue weighted by Crippen LogP contribution is -2.48. The molecule has 210 valence electrons. The van der Waals surface area contributed by atoms with Gasteiger partial charge in [0, 0.05) is 31.4 Å². The first-order valence-corrected chi connectivity index (χ1v) is 14.5. The van der Waals surface area contributed by atoms with Gasteiger partial charge in [-0.2, -0.15) is 0 Å². The Kier molecular flexibility index (Phi) is 7.33. The highest BCUT2D eigenvalue weighted by Crippen LogP contribution is 2.37. The number of aliphatic hydroxyl groups is 1. The number of hydrogen-bond donors (Lipinski definition) is 2. The van der Waals surface area contributed by atoms with Crippen molar-refractivity contribution >= 4 is 11.6 Å². The van der Waals surface area contributed by atoms with Crippen molar-refractivity contribution in [2.24, 2.45) is 5.92 Å². The highest BCUT2D eigenvalue weighted by atomic mass is 16.6. The summed E-state index contributed by atoms with van der Waals surface area (Å²) in [5, 5.41) is 14.7. The van der Waals surface area contributed by atoms with Gasteiger partial charge in [0.25, 0.3) is 0 Å². The third-order valence-electron chi connectivity index (χ3n) is 8.63. The Hall–Kier alpha value is -2.97. The molecule has 2 aromatic rings. The lowest BCUT2D eigenvalue weighted by Gasteiger charge is -2.33. The highest BCUT2D eigenvalue weighted by Gasteiger charge is 2.34. The third kappa shape index (κ3) is 5.82. The van der Waals surface area contributed by atoms with Crippen LogP contribution in [0, 0.1) is 5.92 Å². The number of amides is 1. The maximum absolute atomic E-state index is 13.6. The Morgan fingerprint density at radius 1 is 1.05 bits per heavy atom. The average Bonchev–Trinajstić information content (AvgIpc) is 3.64. The number of carbonyl (C=O) groups excluding carboxylic acids is 1. The van der Waals surface area contributed by atoms with Crippen LogP contribution in [0.5, 0.6) is 17.2 Å². The first-order chi connectivity index (χ1) is 18.8. The molecule has 1 amide bonds. The molecular weight excluding hydrogens is 494 g/mol. The minimum Gasteiger partial charge on any atom is -0.487 e. The second-order valence-electron chi connectivity index (χ2n) is 12.1. The van der Waals surface area contributed by atoms with Crippen molar-refractivity contribution in [2.75, 3.05) is 50.8 Å². The van der Waals surface area contributed by atoms with E-state index in [1.54, 1.807) is 0 Å². The number of likely N-dealkylation sites (tertiary alicyclic amines) is 1. The normalized spacial score (nSPS) is 23.6. The van der Waals surface area contributed by atoms with E-state index >= 15 is 0 Å². The lowest BCUT2D eigenvalue weighted by atomic mass is 9.94. The number of nitrogens with one attached hydrogen (secondary N) is 1. The minimum atomic E-state index is -0.843. The number of aliphatic hydroxyl groups excluding tert-OH is 1. The topological polar surface area (TPSA) is 83.5 Å². The van der Waals surface area contributed by atoms with E-state index < -0.39 is 12.1 Å². The summed E-state index contributed by atoms with van der Waals surface area (Å²) in [6, 6.07) is 11.6. The van der Waals surface area contributed by atoms with Gasteiger partial charge in [-0.05, 0) is 88.4 Å². The van der Waals surface area contributed by atoms with E-state index in [1.165, 1.54) is 5.56 Å². The van der Waals surface area contributed by atoms with Crippen LogP contribution in [0.4, 0.5) is 5.69 Å². The SMILES string of the molecule is CC1(C)CCc2ccc(N3CCC(C(=O)N[C@H](CN4CCCC4)[C@H](O)c4ccc5c(c4)OCCO5)C3)cc2O1. The molecule has 8 heteroatoms. The van der Waals surface area contributed by atoms with Crippen molar-refractivity contribution in [3.63, 3.8) is 0 Å². The van der Waals surface area contributed by atoms with Crippen molar-refractivity contribution in [2.45, 2.75) is 63.7 Å². The van der Waals surface area contributed by atoms with E-state index in [1.807, 2.05) is 18.2 Å². The van der Waals surface area contributed by atoms with E-state index in [9.17, 15) is 9.90 Å². The molecular formula is C31H41N3O5. The molecule has 0 aliphatic carbocycles. The average molecular weight is 536 g/mol. The maximum atomic E-state index is 13.6. The molecule has 6 rings (SSSR count). The predicted octanol–water partition coefficient (Wildman–Crippen LogP) is 3.70. The standard InChI is InChI=1S/C31H41N3O5/c1-31(2)11-9-21-5-7-24(18-27(21)39-31)34-14-10-23(19-34)30(36)32-25(20-33-12-3-4-13-33)29(35)22-6-8-26-28(17-22)38-16-15-37-26/h5-8,17-18,23,25,29,35H,3-4,9-16,19-20H2,1-2H3,(H,32,36)/t23?,25-,29-/m1/s1. The number of anilines is 1. The molecule has 2 fully saturated rings. The molecule has 2 aromatic carbocycles. The summed E-state index contributed by atoms with van der Waals surface area (Å²) < 4.78 is 17.6. The molecule has 2 N–H and O–H groups in total. The summed E-state index contributed by atoms with van der Waals surface area (Å²) >= 11 is 0. The molecule has 0 bridgehead atoms. The van der Waals surface area contributed by atoms with Crippen molar-refractivity contribution in [1.29, 1.82) is 0 Å². The summed E-state index contributed by atoms with van der Waals surface area (Å²) in [6.45, 7) is 9.38. The molecule has 4 aliphatic rings. The zero-order valence-electron chi connectivity index (χ0n) is 23.2. The van der Waals surface area contributed by atoms with Gasteiger partial charge in [0.2, 0.25) is 5.91 Å². The molecule has 2 saturated heterocycles. The van der Waals surface area contributed by atoms with Gasteiger partial charge in [0.1, 0.15) is 30.7 Å². The van der Waals surface area contributed by atoms with E-state index in [4.69, 9.17) is 14.2 Å². The fraction of sp³-hybridized carbons (Fsp3) is 0.581. The van der Waals surface area contributed by atoms with Crippen LogP contribution in [0.3, 0.4) is 0 Å². The maximum Gasteiger partial charge on any atom is 0.225 e. The zero-order chi connectivity index (χ0) is 27.0. The Balaban J connectivity index is 1.14. The Bertz CT molecular complexity index is 1190. The number of nitrogens with zero attached hydrogens (tertiary/aromatic N) is 2. The van der Waals surface area contributed by atoms with Crippen LogP contribution in [0.2, 0.25) is 0 Å². The third-order valence-corrected chi connectivity index (χ3v) is 8.63. The van der Waals surface area contributed by atoms with Gasteiger partial charge >= 0.3 is 0 Å². The number of rotatable bonds is 7. The van der Waals surface area contributed by atoms with Gasteiger partial charge in [-0.1, -0.05) is 12.1 Å². The molecule has 8 nitrogen and oxygen atoms in total. The van der Waals surface area contributed by atoms with Crippen molar-refractivity contribution in [1.82, 2.24) is 10.2 Å². The van der Waals surface area contributed by atoms with Crippen molar-refractivity contribution in [3.05, 3.63) is 47.5 Å². The van der Waals surface area contributed by atoms with Crippen molar-refractivity contribution in [3.8, 4) is 17.2 Å². The van der Waals surface area contributed by atoms with E-state index in [2.05, 4.69) is 47.2 Å². The quantitative estimate of drug-likeness (QED) is 0.559. The second kappa shape index (κ2) is 10.9. The van der Waals surface area contributed by atoms with Crippen LogP contribution >= 0.6 is 0 Å². The monoisotopic (exact) mass is 535 g/mol. The fourth-order valence-corrected chi connectivity index (χ4v) is 6.28. The number of hydrogen-bond acceptors (Lipinski definition) is 7. The summed E-state index contributed by atoms with van der Waals surface area (Å²) in [7, 11) is 0. The van der Waals surface area contributed by atoms with Crippen LogP contribution in [0.25, 0.3) is 0 Å². The number of ether oxygens (including phenoxy) is 3. The largest absolute Gasteiger partial charge is 0.487 e. The van der Waals surface area contributed by atoms with Crippen molar-refractivity contribution < 1.29 is 24.1 Å². The van der Waals surface area contributed by atoms with E-state index in [-0.39, 0.29) is 17.4 Å². The molecule has 1 unspecified atom stereocenters. The van der Waals surface area contributed by atoms with Gasteiger partial charge in [-0.3, -0.25) is 4.79 Å². The molecule has 39 heavy (non-hydrogen) atoms. The summed E-state index contributed by atoms with van der Waals surface area (Å²) in [4.78, 5) is 18.2. The zero-order valence-corrected chi connectivity index (χ0v) is 23.2. The number of carbonyl (C=O) groups is 1. The molecule has 0 saturated carbocycles. The lowest BCUT2D eigenvalue weighted by molar-refractivity contribution is -0.126. The first-order valence-electron chi connectivity index (χ1n) is 14.5. The van der Waals surface area contributed by atoms with Gasteiger partial charge < -0.3 is 34.4 Å². The van der Waals surface area contributed by atoms with Crippen LogP contribution in [0.1, 0.15) is 56.8 Å². The molecule has 0 aromatic heterocycles. The molecule has 0 radical (unpaired) electrons. The second-order valence-corrected chi connectivity index (χ2v) is 12.1. The van der Waals surface area contributed by atoms with E-state index in [0.29, 0.717) is 37.8 Å².